The molecule has 5 nitrogen and oxygen atoms in total. The minimum Gasteiger partial charge on any atom is -0.481 e. The van der Waals surface area contributed by atoms with Crippen molar-refractivity contribution in [1.82, 2.24) is 9.97 Å². The molecule has 5 heteroatoms. The lowest BCUT2D eigenvalue weighted by molar-refractivity contribution is 0.350. The Bertz CT molecular complexity index is 361. The Labute approximate surface area is 102 Å². The molecule has 1 aromatic heterocycles. The topological polar surface area (TPSA) is 64.3 Å². The first-order valence-electron chi connectivity index (χ1n) is 6.08. The second-order valence-electron chi connectivity index (χ2n) is 4.58. The molecule has 1 aliphatic heterocycles. The van der Waals surface area contributed by atoms with Crippen LogP contribution in [0.1, 0.15) is 19.8 Å². The largest absolute Gasteiger partial charge is 0.481 e. The summed E-state index contributed by atoms with van der Waals surface area (Å²) in [5, 5.41) is 0. The molecule has 1 fully saturated rings. The van der Waals surface area contributed by atoms with E-state index < -0.39 is 0 Å². The Balaban J connectivity index is 2.00. The molecule has 2 N–H and O–H groups in total. The van der Waals surface area contributed by atoms with Crippen molar-refractivity contribution in [2.75, 3.05) is 25.1 Å². The maximum atomic E-state index is 5.93. The Morgan fingerprint density at radius 1 is 1.47 bits per heavy atom. The summed E-state index contributed by atoms with van der Waals surface area (Å²) < 4.78 is 5.11. The normalized spacial score (nSPS) is 19.1. The lowest BCUT2D eigenvalue weighted by Gasteiger charge is -2.33. The van der Waals surface area contributed by atoms with Crippen molar-refractivity contribution >= 4 is 5.95 Å². The Morgan fingerprint density at radius 3 is 2.76 bits per heavy atom. The van der Waals surface area contributed by atoms with Crippen LogP contribution in [0.15, 0.2) is 12.3 Å². The van der Waals surface area contributed by atoms with Crippen LogP contribution < -0.4 is 15.4 Å². The number of aromatic nitrogens is 2. The standard InChI is InChI=1S/C12H20N4O/c1-9(13)10-4-7-16(8-5-10)12-14-6-3-11(15-12)17-2/h3,6,9-10H,4-5,7-8,13H2,1-2H3. The third-order valence-corrected chi connectivity index (χ3v) is 3.39. The van der Waals surface area contributed by atoms with Crippen LogP contribution in [-0.4, -0.2) is 36.2 Å². The number of methoxy groups -OCH3 is 1. The maximum Gasteiger partial charge on any atom is 0.228 e. The van der Waals surface area contributed by atoms with Crippen LogP contribution in [0.3, 0.4) is 0 Å². The second-order valence-corrected chi connectivity index (χ2v) is 4.58. The highest BCUT2D eigenvalue weighted by molar-refractivity contribution is 5.32. The van der Waals surface area contributed by atoms with Gasteiger partial charge in [0.25, 0.3) is 0 Å². The number of piperidine rings is 1. The van der Waals surface area contributed by atoms with Gasteiger partial charge in [-0.05, 0) is 25.7 Å². The molecular weight excluding hydrogens is 216 g/mol. The fourth-order valence-electron chi connectivity index (χ4n) is 2.22. The molecule has 0 spiro atoms. The summed E-state index contributed by atoms with van der Waals surface area (Å²) in [7, 11) is 1.62. The Kier molecular flexibility index (Phi) is 3.78. The molecule has 1 aliphatic rings. The fraction of sp³-hybridized carbons (Fsp3) is 0.667. The highest BCUT2D eigenvalue weighted by atomic mass is 16.5. The average molecular weight is 236 g/mol. The summed E-state index contributed by atoms with van der Waals surface area (Å²) >= 11 is 0. The number of hydrogen-bond donors (Lipinski definition) is 1. The van der Waals surface area contributed by atoms with E-state index in [1.165, 1.54) is 0 Å². The van der Waals surface area contributed by atoms with Gasteiger partial charge >= 0.3 is 0 Å². The molecule has 0 bridgehead atoms. The molecule has 0 aliphatic carbocycles. The van der Waals surface area contributed by atoms with E-state index in [9.17, 15) is 0 Å². The molecule has 2 rings (SSSR count). The van der Waals surface area contributed by atoms with Crippen molar-refractivity contribution in [2.24, 2.45) is 11.7 Å². The predicted molar refractivity (Wildman–Crippen MR) is 67.2 cm³/mol. The molecule has 1 aromatic rings. The molecular formula is C12H20N4O. The molecule has 1 unspecified atom stereocenters. The first-order chi connectivity index (χ1) is 8.20. The quantitative estimate of drug-likeness (QED) is 0.849. The molecule has 94 valence electrons. The summed E-state index contributed by atoms with van der Waals surface area (Å²) in [6.07, 6.45) is 3.95. The maximum absolute atomic E-state index is 5.93. The van der Waals surface area contributed by atoms with Gasteiger partial charge in [0.2, 0.25) is 11.8 Å². The lowest BCUT2D eigenvalue weighted by atomic mass is 9.91. The van der Waals surface area contributed by atoms with Crippen molar-refractivity contribution in [3.05, 3.63) is 12.3 Å². The highest BCUT2D eigenvalue weighted by Crippen LogP contribution is 2.23. The molecule has 17 heavy (non-hydrogen) atoms. The molecule has 1 saturated heterocycles. The Hall–Kier alpha value is -1.36. The van der Waals surface area contributed by atoms with Crippen LogP contribution in [0.25, 0.3) is 0 Å². The first-order valence-corrected chi connectivity index (χ1v) is 6.08. The molecule has 0 saturated carbocycles. The summed E-state index contributed by atoms with van der Waals surface area (Å²) in [5.41, 5.74) is 5.93. The van der Waals surface area contributed by atoms with E-state index in [0.717, 1.165) is 31.9 Å². The van der Waals surface area contributed by atoms with Gasteiger partial charge in [-0.2, -0.15) is 4.98 Å². The zero-order valence-corrected chi connectivity index (χ0v) is 10.5. The molecule has 1 atom stereocenters. The molecule has 2 heterocycles. The van der Waals surface area contributed by atoms with Gasteiger partial charge in [0.1, 0.15) is 0 Å². The van der Waals surface area contributed by atoms with E-state index in [0.29, 0.717) is 11.8 Å². The zero-order chi connectivity index (χ0) is 12.3. The number of nitrogens with zero attached hydrogens (tertiary/aromatic N) is 3. The van der Waals surface area contributed by atoms with Gasteiger partial charge in [0, 0.05) is 31.4 Å². The van der Waals surface area contributed by atoms with Crippen LogP contribution in [0.5, 0.6) is 5.88 Å². The van der Waals surface area contributed by atoms with E-state index in [2.05, 4.69) is 21.8 Å². The van der Waals surface area contributed by atoms with E-state index >= 15 is 0 Å². The van der Waals surface area contributed by atoms with Crippen LogP contribution in [0, 0.1) is 5.92 Å². The second kappa shape index (κ2) is 5.31. The number of ether oxygens (including phenoxy) is 1. The minimum atomic E-state index is 0.281. The summed E-state index contributed by atoms with van der Waals surface area (Å²) in [4.78, 5) is 10.8. The van der Waals surface area contributed by atoms with Gasteiger partial charge in [-0.1, -0.05) is 0 Å². The van der Waals surface area contributed by atoms with Crippen LogP contribution in [0.4, 0.5) is 5.95 Å². The van der Waals surface area contributed by atoms with Crippen molar-refractivity contribution < 1.29 is 4.74 Å². The molecule has 0 aromatic carbocycles. The van der Waals surface area contributed by atoms with E-state index in [1.807, 2.05) is 0 Å². The monoisotopic (exact) mass is 236 g/mol. The minimum absolute atomic E-state index is 0.281. The van der Waals surface area contributed by atoms with Gasteiger partial charge in [-0.25, -0.2) is 4.98 Å². The van der Waals surface area contributed by atoms with Gasteiger partial charge in [-0.15, -0.1) is 0 Å². The van der Waals surface area contributed by atoms with Gasteiger partial charge in [-0.3, -0.25) is 0 Å². The third kappa shape index (κ3) is 2.85. The zero-order valence-electron chi connectivity index (χ0n) is 10.5. The number of anilines is 1. The summed E-state index contributed by atoms with van der Waals surface area (Å²) in [6, 6.07) is 2.04. The van der Waals surface area contributed by atoms with Crippen molar-refractivity contribution in [3.63, 3.8) is 0 Å². The highest BCUT2D eigenvalue weighted by Gasteiger charge is 2.23. The summed E-state index contributed by atoms with van der Waals surface area (Å²) in [5.74, 6) is 1.99. The van der Waals surface area contributed by atoms with E-state index in [1.54, 1.807) is 19.4 Å². The predicted octanol–water partition coefficient (Wildman–Crippen LogP) is 1.05. The smallest absolute Gasteiger partial charge is 0.228 e. The lowest BCUT2D eigenvalue weighted by Crippen LogP contribution is -2.40. The van der Waals surface area contributed by atoms with Crippen molar-refractivity contribution in [1.29, 1.82) is 0 Å². The van der Waals surface area contributed by atoms with E-state index in [4.69, 9.17) is 10.5 Å². The first kappa shape index (κ1) is 12.1. The summed E-state index contributed by atoms with van der Waals surface area (Å²) in [6.45, 7) is 4.03. The van der Waals surface area contributed by atoms with Gasteiger partial charge < -0.3 is 15.4 Å². The van der Waals surface area contributed by atoms with Gasteiger partial charge in [0.05, 0.1) is 7.11 Å². The van der Waals surface area contributed by atoms with Crippen LogP contribution >= 0.6 is 0 Å². The number of nitrogens with two attached hydrogens (primary N) is 1. The van der Waals surface area contributed by atoms with Gasteiger partial charge in [0.15, 0.2) is 0 Å². The van der Waals surface area contributed by atoms with Crippen LogP contribution in [-0.2, 0) is 0 Å². The third-order valence-electron chi connectivity index (χ3n) is 3.39. The van der Waals surface area contributed by atoms with Crippen LogP contribution in [0.2, 0.25) is 0 Å². The number of hydrogen-bond acceptors (Lipinski definition) is 5. The average Bonchev–Trinajstić information content (AvgIpc) is 2.39. The SMILES string of the molecule is COc1ccnc(N2CCC(C(C)N)CC2)n1. The fourth-order valence-corrected chi connectivity index (χ4v) is 2.22. The Morgan fingerprint density at radius 2 is 2.18 bits per heavy atom. The van der Waals surface area contributed by atoms with E-state index in [-0.39, 0.29) is 6.04 Å². The molecule has 0 radical (unpaired) electrons. The van der Waals surface area contributed by atoms with Crippen molar-refractivity contribution in [2.45, 2.75) is 25.8 Å². The van der Waals surface area contributed by atoms with Crippen molar-refractivity contribution in [3.8, 4) is 5.88 Å². The molecule has 0 amide bonds. The number of rotatable bonds is 3.